The second-order valence-corrected chi connectivity index (χ2v) is 8.73. The van der Waals surface area contributed by atoms with E-state index in [1.165, 1.54) is 0 Å². The summed E-state index contributed by atoms with van der Waals surface area (Å²) in [6.45, 7) is 4.43. The number of nitrogens with two attached hydrogens (primary N) is 1. The first-order valence-corrected chi connectivity index (χ1v) is 10.1. The van der Waals surface area contributed by atoms with Gasteiger partial charge in [0.05, 0.1) is 23.6 Å². The van der Waals surface area contributed by atoms with Crippen LogP contribution in [0.15, 0.2) is 0 Å². The Kier molecular flexibility index (Phi) is 5.41. The van der Waals surface area contributed by atoms with Crippen molar-refractivity contribution >= 4 is 17.9 Å². The molecule has 0 saturated carbocycles. The van der Waals surface area contributed by atoms with Crippen molar-refractivity contribution in [2.75, 3.05) is 33.4 Å². The third-order valence-corrected chi connectivity index (χ3v) is 7.14. The highest BCUT2D eigenvalue weighted by molar-refractivity contribution is 7.98. The summed E-state index contributed by atoms with van der Waals surface area (Å²) in [6, 6.07) is 0.661. The van der Waals surface area contributed by atoms with Crippen molar-refractivity contribution in [3.8, 4) is 0 Å². The number of fused-ring (bicyclic) bond motifs is 1. The van der Waals surface area contributed by atoms with Crippen molar-refractivity contribution in [3.05, 3.63) is 0 Å². The summed E-state index contributed by atoms with van der Waals surface area (Å²) in [7, 11) is 2.10. The Balaban J connectivity index is 1.43. The van der Waals surface area contributed by atoms with Crippen LogP contribution in [0.5, 0.6) is 0 Å². The van der Waals surface area contributed by atoms with Gasteiger partial charge in [-0.1, -0.05) is 11.9 Å². The van der Waals surface area contributed by atoms with Gasteiger partial charge in [0.15, 0.2) is 0 Å². The van der Waals surface area contributed by atoms with Gasteiger partial charge in [-0.2, -0.15) is 0 Å². The van der Waals surface area contributed by atoms with Gasteiger partial charge in [0.1, 0.15) is 6.17 Å². The number of alkyl halides is 1. The van der Waals surface area contributed by atoms with E-state index in [1.54, 1.807) is 17.0 Å². The number of amides is 1. The van der Waals surface area contributed by atoms with E-state index < -0.39 is 18.3 Å². The number of carbonyl (C=O) groups is 1. The Bertz CT molecular complexity index is 544. The Labute approximate surface area is 157 Å². The molecule has 8 unspecified atom stereocenters. The van der Waals surface area contributed by atoms with E-state index in [4.69, 9.17) is 5.73 Å². The summed E-state index contributed by atoms with van der Waals surface area (Å²) in [4.78, 5) is 15.3. The minimum Gasteiger partial charge on any atom is -0.342 e. The second kappa shape index (κ2) is 7.47. The fourth-order valence-electron chi connectivity index (χ4n) is 4.57. The predicted molar refractivity (Wildman–Crippen MR) is 98.0 cm³/mol. The molecule has 9 nitrogen and oxygen atoms in total. The van der Waals surface area contributed by atoms with Gasteiger partial charge in [0, 0.05) is 44.3 Å². The minimum atomic E-state index is -0.960. The van der Waals surface area contributed by atoms with Gasteiger partial charge in [-0.05, 0) is 14.0 Å². The molecule has 4 rings (SSSR count). The number of hydrogen-bond donors (Lipinski definition) is 6. The SMILES string of the molecule is CC1NSC(NC(=O)C2C(N)NN3CC(F)CNC23)C1C1CNCN1C. The number of carbonyl (C=O) groups excluding carboxylic acids is 1. The number of nitrogens with one attached hydrogen (secondary N) is 5. The molecule has 4 aliphatic heterocycles. The number of hydrazine groups is 1. The second-order valence-electron chi connectivity index (χ2n) is 7.75. The molecular formula is C15H29FN8OS. The lowest BCUT2D eigenvalue weighted by Crippen LogP contribution is -2.59. The van der Waals surface area contributed by atoms with Gasteiger partial charge >= 0.3 is 0 Å². The van der Waals surface area contributed by atoms with Gasteiger partial charge < -0.3 is 16.4 Å². The third kappa shape index (κ3) is 3.35. The van der Waals surface area contributed by atoms with E-state index in [-0.39, 0.29) is 30.5 Å². The standard InChI is InChI=1S/C15H29FN8OS/c1-7-10(9-4-18-6-23(9)2)15(26-22-7)20-14(25)11-12(17)21-24-5-8(16)3-19-13(11)24/h7-13,15,18-19,21-22H,3-6,17H2,1-2H3,(H,20,25). The smallest absolute Gasteiger partial charge is 0.230 e. The zero-order valence-electron chi connectivity index (χ0n) is 15.1. The quantitative estimate of drug-likeness (QED) is 0.293. The Morgan fingerprint density at radius 3 is 2.92 bits per heavy atom. The molecule has 4 saturated heterocycles. The van der Waals surface area contributed by atoms with Crippen LogP contribution in [0.2, 0.25) is 0 Å². The van der Waals surface area contributed by atoms with Crippen LogP contribution < -0.4 is 31.8 Å². The average Bonchev–Trinajstić information content (AvgIpc) is 3.24. The Hall–Kier alpha value is -0.530. The van der Waals surface area contributed by atoms with Crippen LogP contribution in [-0.2, 0) is 4.79 Å². The maximum absolute atomic E-state index is 13.6. The minimum absolute atomic E-state index is 0.0244. The molecule has 0 spiro atoms. The molecular weight excluding hydrogens is 359 g/mol. The zero-order chi connectivity index (χ0) is 18.4. The first-order chi connectivity index (χ1) is 12.5. The molecule has 0 aliphatic carbocycles. The van der Waals surface area contributed by atoms with Crippen LogP contribution in [0, 0.1) is 11.8 Å². The van der Waals surface area contributed by atoms with Gasteiger partial charge in [0.2, 0.25) is 5.91 Å². The summed E-state index contributed by atoms with van der Waals surface area (Å²) in [5.74, 6) is -0.256. The highest BCUT2D eigenvalue weighted by Gasteiger charge is 2.49. The summed E-state index contributed by atoms with van der Waals surface area (Å²) in [5, 5.41) is 11.4. The maximum atomic E-state index is 13.6. The summed E-state index contributed by atoms with van der Waals surface area (Å²) in [5.41, 5.74) is 9.18. The van der Waals surface area contributed by atoms with Crippen molar-refractivity contribution in [3.63, 3.8) is 0 Å². The molecule has 0 radical (unpaired) electrons. The number of likely N-dealkylation sites (N-methyl/N-ethyl adjacent to an activating group) is 1. The van der Waals surface area contributed by atoms with E-state index in [1.807, 2.05) is 0 Å². The maximum Gasteiger partial charge on any atom is 0.230 e. The highest BCUT2D eigenvalue weighted by Crippen LogP contribution is 2.33. The molecule has 4 fully saturated rings. The fraction of sp³-hybridized carbons (Fsp3) is 0.933. The molecule has 11 heteroatoms. The topological polar surface area (TPSA) is 110 Å². The van der Waals surface area contributed by atoms with E-state index >= 15 is 0 Å². The summed E-state index contributed by atoms with van der Waals surface area (Å²) < 4.78 is 17.0. The molecule has 0 aromatic rings. The number of nitrogens with zero attached hydrogens (tertiary/aromatic N) is 2. The van der Waals surface area contributed by atoms with Gasteiger partial charge in [-0.25, -0.2) is 14.8 Å². The molecule has 4 aliphatic rings. The Morgan fingerprint density at radius 2 is 2.19 bits per heavy atom. The van der Waals surface area contributed by atoms with Crippen LogP contribution >= 0.6 is 11.9 Å². The molecule has 1 amide bonds. The van der Waals surface area contributed by atoms with Gasteiger partial charge in [-0.15, -0.1) is 0 Å². The largest absolute Gasteiger partial charge is 0.342 e. The highest BCUT2D eigenvalue weighted by atomic mass is 32.2. The lowest BCUT2D eigenvalue weighted by Gasteiger charge is -2.35. The molecule has 4 heterocycles. The van der Waals surface area contributed by atoms with Gasteiger partial charge in [-0.3, -0.25) is 19.7 Å². The monoisotopic (exact) mass is 388 g/mol. The fourth-order valence-corrected chi connectivity index (χ4v) is 5.84. The van der Waals surface area contributed by atoms with Crippen LogP contribution in [0.4, 0.5) is 4.39 Å². The average molecular weight is 389 g/mol. The molecule has 26 heavy (non-hydrogen) atoms. The number of hydrogen-bond acceptors (Lipinski definition) is 9. The van der Waals surface area contributed by atoms with Crippen molar-refractivity contribution in [1.29, 1.82) is 0 Å². The van der Waals surface area contributed by atoms with E-state index in [2.05, 4.69) is 45.0 Å². The van der Waals surface area contributed by atoms with Crippen LogP contribution in [0.3, 0.4) is 0 Å². The third-order valence-electron chi connectivity index (χ3n) is 5.94. The van der Waals surface area contributed by atoms with E-state index in [9.17, 15) is 9.18 Å². The number of rotatable bonds is 3. The van der Waals surface area contributed by atoms with Gasteiger partial charge in [0.25, 0.3) is 0 Å². The molecule has 0 bridgehead atoms. The lowest BCUT2D eigenvalue weighted by molar-refractivity contribution is -0.127. The molecule has 7 N–H and O–H groups in total. The first-order valence-electron chi connectivity index (χ1n) is 9.24. The molecule has 8 atom stereocenters. The molecule has 148 valence electrons. The molecule has 0 aromatic carbocycles. The zero-order valence-corrected chi connectivity index (χ0v) is 15.9. The van der Waals surface area contributed by atoms with Crippen LogP contribution in [0.1, 0.15) is 6.92 Å². The number of halogens is 1. The van der Waals surface area contributed by atoms with E-state index in [0.717, 1.165) is 13.2 Å². The van der Waals surface area contributed by atoms with Crippen molar-refractivity contribution in [1.82, 2.24) is 36.0 Å². The first kappa shape index (κ1) is 18.8. The van der Waals surface area contributed by atoms with Crippen LogP contribution in [-0.4, -0.2) is 85.1 Å². The van der Waals surface area contributed by atoms with Crippen molar-refractivity contribution in [2.24, 2.45) is 17.6 Å². The molecule has 0 aromatic heterocycles. The van der Waals surface area contributed by atoms with Crippen LogP contribution in [0.25, 0.3) is 0 Å². The van der Waals surface area contributed by atoms with E-state index in [0.29, 0.717) is 18.0 Å². The van der Waals surface area contributed by atoms with Crippen molar-refractivity contribution in [2.45, 2.75) is 42.9 Å². The summed E-state index contributed by atoms with van der Waals surface area (Å²) in [6.07, 6.45) is -1.76. The predicted octanol–water partition coefficient (Wildman–Crippen LogP) is -2.47. The van der Waals surface area contributed by atoms with Crippen molar-refractivity contribution < 1.29 is 9.18 Å². The normalized spacial score (nSPS) is 47.2. The summed E-state index contributed by atoms with van der Waals surface area (Å²) >= 11 is 1.57. The lowest BCUT2D eigenvalue weighted by atomic mass is 9.92. The Morgan fingerprint density at radius 1 is 1.38 bits per heavy atom.